The number of hydrogen-bond donors (Lipinski definition) is 1. The van der Waals surface area contributed by atoms with Crippen molar-refractivity contribution in [2.45, 2.75) is 25.8 Å². The zero-order valence-corrected chi connectivity index (χ0v) is 9.24. The van der Waals surface area contributed by atoms with E-state index in [0.29, 0.717) is 6.04 Å². The highest BCUT2D eigenvalue weighted by Crippen LogP contribution is 2.36. The Hall–Kier alpha value is -1.18. The normalized spacial score (nSPS) is 29.0. The summed E-state index contributed by atoms with van der Waals surface area (Å²) in [6.45, 7) is 4.71. The smallest absolute Gasteiger partial charge is 0.0605 e. The lowest BCUT2D eigenvalue weighted by Crippen LogP contribution is -2.48. The molecule has 2 nitrogen and oxygen atoms in total. The number of hydrogen-bond acceptors (Lipinski definition) is 2. The minimum absolute atomic E-state index is 0.712. The first-order valence-corrected chi connectivity index (χ1v) is 5.94. The lowest BCUT2D eigenvalue weighted by Gasteiger charge is -2.44. The van der Waals surface area contributed by atoms with Gasteiger partial charge in [0.1, 0.15) is 0 Å². The monoisotopic (exact) mass is 202 g/mol. The highest BCUT2D eigenvalue weighted by atomic mass is 15.2. The predicted octanol–water partition coefficient (Wildman–Crippen LogP) is 2.72. The zero-order valence-electron chi connectivity index (χ0n) is 9.24. The number of para-hydroxylation sites is 2. The van der Waals surface area contributed by atoms with Crippen LogP contribution in [-0.4, -0.2) is 19.1 Å². The first-order chi connectivity index (χ1) is 7.34. The van der Waals surface area contributed by atoms with Crippen molar-refractivity contribution >= 4 is 11.4 Å². The lowest BCUT2D eigenvalue weighted by atomic mass is 9.90. The van der Waals surface area contributed by atoms with Crippen LogP contribution in [0.3, 0.4) is 0 Å². The fraction of sp³-hybridized carbons (Fsp3) is 0.538. The summed E-state index contributed by atoms with van der Waals surface area (Å²) in [6.07, 6.45) is 2.67. The van der Waals surface area contributed by atoms with Gasteiger partial charge in [0.25, 0.3) is 0 Å². The average Bonchev–Trinajstić information content (AvgIpc) is 2.28. The Balaban J connectivity index is 1.93. The van der Waals surface area contributed by atoms with Gasteiger partial charge in [0, 0.05) is 19.1 Å². The molecule has 1 saturated heterocycles. The Morgan fingerprint density at radius 2 is 2.20 bits per heavy atom. The number of nitrogens with one attached hydrogen (secondary N) is 1. The molecule has 1 fully saturated rings. The average molecular weight is 202 g/mol. The number of fused-ring (bicyclic) bond motifs is 3. The van der Waals surface area contributed by atoms with Crippen LogP contribution in [0, 0.1) is 5.92 Å². The van der Waals surface area contributed by atoms with Crippen molar-refractivity contribution in [3.05, 3.63) is 24.3 Å². The van der Waals surface area contributed by atoms with Crippen molar-refractivity contribution in [3.8, 4) is 0 Å². The van der Waals surface area contributed by atoms with Gasteiger partial charge in [-0.3, -0.25) is 0 Å². The molecule has 0 aliphatic carbocycles. The van der Waals surface area contributed by atoms with E-state index in [4.69, 9.17) is 0 Å². The van der Waals surface area contributed by atoms with Crippen molar-refractivity contribution in [2.24, 2.45) is 5.92 Å². The number of rotatable bonds is 0. The Bertz CT molecular complexity index is 361. The van der Waals surface area contributed by atoms with E-state index in [1.54, 1.807) is 0 Å². The molecule has 3 rings (SSSR count). The molecule has 80 valence electrons. The summed E-state index contributed by atoms with van der Waals surface area (Å²) in [5, 5.41) is 3.54. The van der Waals surface area contributed by atoms with Crippen LogP contribution in [0.5, 0.6) is 0 Å². The highest BCUT2D eigenvalue weighted by molar-refractivity contribution is 5.72. The molecule has 2 atom stereocenters. The fourth-order valence-electron chi connectivity index (χ4n) is 2.86. The van der Waals surface area contributed by atoms with Gasteiger partial charge >= 0.3 is 0 Å². The quantitative estimate of drug-likeness (QED) is 0.696. The summed E-state index contributed by atoms with van der Waals surface area (Å²) < 4.78 is 0. The Morgan fingerprint density at radius 3 is 3.13 bits per heavy atom. The van der Waals surface area contributed by atoms with E-state index >= 15 is 0 Å². The van der Waals surface area contributed by atoms with E-state index in [-0.39, 0.29) is 0 Å². The Labute approximate surface area is 91.3 Å². The molecule has 0 spiro atoms. The van der Waals surface area contributed by atoms with Crippen LogP contribution in [0.25, 0.3) is 0 Å². The Morgan fingerprint density at radius 1 is 1.33 bits per heavy atom. The Kier molecular flexibility index (Phi) is 2.08. The largest absolute Gasteiger partial charge is 0.381 e. The number of benzene rings is 1. The second-order valence-corrected chi connectivity index (χ2v) is 4.87. The van der Waals surface area contributed by atoms with Gasteiger partial charge < -0.3 is 10.2 Å². The summed E-state index contributed by atoms with van der Waals surface area (Å²) in [7, 11) is 0. The number of piperidine rings is 1. The van der Waals surface area contributed by atoms with E-state index in [9.17, 15) is 0 Å². The molecule has 2 heteroatoms. The number of anilines is 2. The molecular formula is C13H18N2. The molecule has 2 aliphatic heterocycles. The lowest BCUT2D eigenvalue weighted by molar-refractivity contribution is 0.367. The second-order valence-electron chi connectivity index (χ2n) is 4.87. The van der Waals surface area contributed by atoms with E-state index in [2.05, 4.69) is 41.4 Å². The predicted molar refractivity (Wildman–Crippen MR) is 64.5 cm³/mol. The maximum atomic E-state index is 3.54. The molecule has 1 aromatic carbocycles. The summed E-state index contributed by atoms with van der Waals surface area (Å²) >= 11 is 0. The maximum Gasteiger partial charge on any atom is 0.0605 e. The van der Waals surface area contributed by atoms with Gasteiger partial charge in [-0.05, 0) is 30.9 Å². The molecule has 1 aromatic rings. The molecule has 15 heavy (non-hydrogen) atoms. The van der Waals surface area contributed by atoms with Gasteiger partial charge in [-0.15, -0.1) is 0 Å². The van der Waals surface area contributed by atoms with Crippen molar-refractivity contribution in [2.75, 3.05) is 23.3 Å². The standard InChI is InChI=1S/C13H18N2/c1-10-6-7-15-11(8-10)9-14-12-4-2-3-5-13(12)15/h2-5,10-11,14H,6-9H2,1H3/t10-,11-/m1/s1. The minimum Gasteiger partial charge on any atom is -0.381 e. The van der Waals surface area contributed by atoms with Crippen LogP contribution in [-0.2, 0) is 0 Å². The van der Waals surface area contributed by atoms with E-state index in [1.165, 1.54) is 30.8 Å². The first kappa shape index (κ1) is 9.08. The zero-order chi connectivity index (χ0) is 10.3. The fourth-order valence-corrected chi connectivity index (χ4v) is 2.86. The van der Waals surface area contributed by atoms with Crippen molar-refractivity contribution < 1.29 is 0 Å². The van der Waals surface area contributed by atoms with Crippen LogP contribution < -0.4 is 10.2 Å². The van der Waals surface area contributed by atoms with Gasteiger partial charge in [0.05, 0.1) is 11.4 Å². The van der Waals surface area contributed by atoms with Crippen molar-refractivity contribution in [1.82, 2.24) is 0 Å². The van der Waals surface area contributed by atoms with Crippen LogP contribution in [0.1, 0.15) is 19.8 Å². The third-order valence-corrected chi connectivity index (χ3v) is 3.72. The molecule has 2 heterocycles. The van der Waals surface area contributed by atoms with Crippen LogP contribution in [0.2, 0.25) is 0 Å². The van der Waals surface area contributed by atoms with Crippen LogP contribution in [0.4, 0.5) is 11.4 Å². The molecule has 0 unspecified atom stereocenters. The molecule has 0 bridgehead atoms. The van der Waals surface area contributed by atoms with E-state index < -0.39 is 0 Å². The van der Waals surface area contributed by atoms with Crippen molar-refractivity contribution in [3.63, 3.8) is 0 Å². The topological polar surface area (TPSA) is 15.3 Å². The van der Waals surface area contributed by atoms with Gasteiger partial charge in [-0.1, -0.05) is 19.1 Å². The molecular weight excluding hydrogens is 184 g/mol. The third-order valence-electron chi connectivity index (χ3n) is 3.72. The van der Waals surface area contributed by atoms with E-state index in [1.807, 2.05) is 0 Å². The molecule has 0 saturated carbocycles. The van der Waals surface area contributed by atoms with Gasteiger partial charge in [0.2, 0.25) is 0 Å². The highest BCUT2D eigenvalue weighted by Gasteiger charge is 2.30. The summed E-state index contributed by atoms with van der Waals surface area (Å²) in [5.74, 6) is 0.887. The minimum atomic E-state index is 0.712. The number of nitrogens with zero attached hydrogens (tertiary/aromatic N) is 1. The van der Waals surface area contributed by atoms with Gasteiger partial charge in [-0.25, -0.2) is 0 Å². The van der Waals surface area contributed by atoms with Crippen LogP contribution in [0.15, 0.2) is 24.3 Å². The second kappa shape index (κ2) is 3.44. The van der Waals surface area contributed by atoms with Crippen LogP contribution >= 0.6 is 0 Å². The third kappa shape index (κ3) is 1.48. The molecule has 0 aromatic heterocycles. The molecule has 1 N–H and O–H groups in total. The molecule has 0 radical (unpaired) electrons. The van der Waals surface area contributed by atoms with Gasteiger partial charge in [-0.2, -0.15) is 0 Å². The van der Waals surface area contributed by atoms with Crippen molar-refractivity contribution in [1.29, 1.82) is 0 Å². The SMILES string of the molecule is C[C@@H]1CCN2c3ccccc3NC[C@H]2C1. The van der Waals surface area contributed by atoms with E-state index in [0.717, 1.165) is 12.5 Å². The summed E-state index contributed by atoms with van der Waals surface area (Å²) in [5.41, 5.74) is 2.71. The molecule has 0 amide bonds. The first-order valence-electron chi connectivity index (χ1n) is 5.94. The molecule has 2 aliphatic rings. The maximum absolute atomic E-state index is 3.54. The summed E-state index contributed by atoms with van der Waals surface area (Å²) in [6, 6.07) is 9.39. The summed E-state index contributed by atoms with van der Waals surface area (Å²) in [4.78, 5) is 2.59. The van der Waals surface area contributed by atoms with Gasteiger partial charge in [0.15, 0.2) is 0 Å².